The lowest BCUT2D eigenvalue weighted by Crippen LogP contribution is -2.53. The highest BCUT2D eigenvalue weighted by Crippen LogP contribution is 2.62. The zero-order valence-corrected chi connectivity index (χ0v) is 23.6. The number of cyclic esters (lactones) is 1. The number of hydrogen-bond donors (Lipinski definition) is 2. The van der Waals surface area contributed by atoms with Gasteiger partial charge in [-0.1, -0.05) is 6.92 Å². The van der Waals surface area contributed by atoms with Crippen molar-refractivity contribution in [3.8, 4) is 0 Å². The Morgan fingerprint density at radius 2 is 1.88 bits per heavy atom. The summed E-state index contributed by atoms with van der Waals surface area (Å²) in [7, 11) is 2.74. The molecule has 2 saturated heterocycles. The number of fused-ring (bicyclic) bond motifs is 4. The van der Waals surface area contributed by atoms with Crippen LogP contribution in [0, 0.1) is 16.7 Å². The van der Waals surface area contributed by atoms with Crippen molar-refractivity contribution in [2.75, 3.05) is 34.0 Å². The van der Waals surface area contributed by atoms with Gasteiger partial charge in [0.15, 0.2) is 5.76 Å². The van der Waals surface area contributed by atoms with Gasteiger partial charge in [0.2, 0.25) is 5.78 Å². The molecule has 0 spiro atoms. The van der Waals surface area contributed by atoms with Crippen LogP contribution in [-0.2, 0) is 38.1 Å². The Morgan fingerprint density at radius 1 is 1.15 bits per heavy atom. The van der Waals surface area contributed by atoms with Gasteiger partial charge in [0.1, 0.15) is 18.8 Å². The Balaban J connectivity index is 1.74. The van der Waals surface area contributed by atoms with Gasteiger partial charge < -0.3 is 34.1 Å². The maximum absolute atomic E-state index is 14.1. The van der Waals surface area contributed by atoms with Gasteiger partial charge in [0.05, 0.1) is 36.5 Å². The number of likely N-dealkylation sites (tertiary alicyclic amines) is 1. The Kier molecular flexibility index (Phi) is 7.11. The number of aliphatic hydroxyl groups is 2. The number of aliphatic hydroxyl groups excluding tert-OH is 2. The first-order valence-electron chi connectivity index (χ1n) is 13.7. The van der Waals surface area contributed by atoms with E-state index in [1.165, 1.54) is 21.1 Å². The minimum absolute atomic E-state index is 0.0369. The molecule has 218 valence electrons. The molecule has 2 aliphatic heterocycles. The second-order valence-electron chi connectivity index (χ2n) is 11.9. The van der Waals surface area contributed by atoms with Crippen LogP contribution in [0.2, 0.25) is 0 Å². The summed E-state index contributed by atoms with van der Waals surface area (Å²) < 4.78 is 22.0. The summed E-state index contributed by atoms with van der Waals surface area (Å²) in [4.78, 5) is 54.2. The topological polar surface area (TPSA) is 149 Å². The van der Waals surface area contributed by atoms with Crippen molar-refractivity contribution in [3.63, 3.8) is 0 Å². The summed E-state index contributed by atoms with van der Waals surface area (Å²) in [6.45, 7) is 5.07. The summed E-state index contributed by atoms with van der Waals surface area (Å²) in [6.07, 6.45) is 0.836. The lowest BCUT2D eigenvalue weighted by molar-refractivity contribution is -0.152. The van der Waals surface area contributed by atoms with Crippen molar-refractivity contribution in [2.24, 2.45) is 16.7 Å². The minimum atomic E-state index is -1.22. The molecule has 0 amide bonds. The highest BCUT2D eigenvalue weighted by atomic mass is 16.5. The predicted octanol–water partition coefficient (Wildman–Crippen LogP) is 1.89. The van der Waals surface area contributed by atoms with E-state index < -0.39 is 58.5 Å². The maximum Gasteiger partial charge on any atom is 0.340 e. The molecular formula is C29H37NO10. The zero-order valence-electron chi connectivity index (χ0n) is 23.6. The third kappa shape index (κ3) is 4.00. The zero-order chi connectivity index (χ0) is 29.1. The maximum atomic E-state index is 14.1. The van der Waals surface area contributed by atoms with Crippen LogP contribution in [0.4, 0.5) is 0 Å². The summed E-state index contributed by atoms with van der Waals surface area (Å²) in [6, 6.07) is -0.676. The summed E-state index contributed by atoms with van der Waals surface area (Å²) in [5.74, 6) is -3.38. The molecule has 6 unspecified atom stereocenters. The van der Waals surface area contributed by atoms with Crippen LogP contribution >= 0.6 is 0 Å². The molecule has 3 fully saturated rings. The summed E-state index contributed by atoms with van der Waals surface area (Å²) in [5, 5.41) is 22.5. The first-order chi connectivity index (χ1) is 18.9. The fourth-order valence-corrected chi connectivity index (χ4v) is 7.80. The molecule has 3 aliphatic carbocycles. The molecule has 11 heteroatoms. The van der Waals surface area contributed by atoms with Crippen LogP contribution in [0.15, 0.2) is 33.7 Å². The van der Waals surface area contributed by atoms with Gasteiger partial charge in [0.25, 0.3) is 0 Å². The van der Waals surface area contributed by atoms with Gasteiger partial charge in [-0.25, -0.2) is 9.59 Å². The molecule has 6 atom stereocenters. The van der Waals surface area contributed by atoms with E-state index in [0.29, 0.717) is 49.1 Å². The molecule has 11 nitrogen and oxygen atoms in total. The van der Waals surface area contributed by atoms with Crippen LogP contribution in [0.1, 0.15) is 52.9 Å². The number of ketones is 1. The lowest BCUT2D eigenvalue weighted by atomic mass is 9.55. The van der Waals surface area contributed by atoms with Crippen molar-refractivity contribution >= 4 is 23.7 Å². The summed E-state index contributed by atoms with van der Waals surface area (Å²) in [5.41, 5.74) is -0.794. The quantitative estimate of drug-likeness (QED) is 0.289. The van der Waals surface area contributed by atoms with E-state index in [2.05, 4.69) is 0 Å². The fourth-order valence-electron chi connectivity index (χ4n) is 7.80. The second kappa shape index (κ2) is 10.0. The van der Waals surface area contributed by atoms with Gasteiger partial charge in [-0.15, -0.1) is 0 Å². The van der Waals surface area contributed by atoms with E-state index in [-0.39, 0.29) is 36.7 Å². The van der Waals surface area contributed by atoms with E-state index in [9.17, 15) is 29.4 Å². The molecule has 0 aromatic rings. The molecule has 0 radical (unpaired) electrons. The Labute approximate surface area is 232 Å². The van der Waals surface area contributed by atoms with Gasteiger partial charge in [-0.2, -0.15) is 0 Å². The number of nitrogens with zero attached hydrogens (tertiary/aromatic N) is 1. The molecule has 5 rings (SSSR count). The lowest BCUT2D eigenvalue weighted by Gasteiger charge is -2.52. The fraction of sp³-hybridized carbons (Fsp3) is 0.655. The average molecular weight is 560 g/mol. The Hall–Kier alpha value is -3.18. The number of methoxy groups -OCH3 is 2. The van der Waals surface area contributed by atoms with Gasteiger partial charge >= 0.3 is 17.9 Å². The Bertz CT molecular complexity index is 1260. The number of allylic oxidation sites excluding steroid dienone is 1. The number of Topliss-reactive ketones (excluding diaryl/α,β-unsaturated/α-hetero) is 1. The third-order valence-electron chi connectivity index (χ3n) is 9.61. The molecule has 2 heterocycles. The highest BCUT2D eigenvalue weighted by Gasteiger charge is 2.62. The van der Waals surface area contributed by atoms with E-state index >= 15 is 0 Å². The number of hydrogen-bond acceptors (Lipinski definition) is 11. The van der Waals surface area contributed by atoms with E-state index in [1.54, 1.807) is 11.8 Å². The molecule has 0 bridgehead atoms. The third-order valence-corrected chi connectivity index (χ3v) is 9.61. The highest BCUT2D eigenvalue weighted by molar-refractivity contribution is 6.13. The second-order valence-corrected chi connectivity index (χ2v) is 11.9. The van der Waals surface area contributed by atoms with Crippen molar-refractivity contribution in [1.29, 1.82) is 0 Å². The number of rotatable bonds is 5. The van der Waals surface area contributed by atoms with Gasteiger partial charge in [0, 0.05) is 37.1 Å². The molecule has 40 heavy (non-hydrogen) atoms. The van der Waals surface area contributed by atoms with Crippen LogP contribution in [0.3, 0.4) is 0 Å². The largest absolute Gasteiger partial charge is 0.504 e. The van der Waals surface area contributed by atoms with Gasteiger partial charge in [-0.3, -0.25) is 9.59 Å². The van der Waals surface area contributed by atoms with E-state index in [1.807, 2.05) is 6.92 Å². The normalized spacial score (nSPS) is 36.6. The van der Waals surface area contributed by atoms with Crippen molar-refractivity contribution < 1.29 is 48.3 Å². The van der Waals surface area contributed by atoms with E-state index in [4.69, 9.17) is 18.9 Å². The standard InChI is InChI=1S/C29H37NO10/c1-14(31)40-18-11-28(2)15(8-9-19(28)32)20-22(18)29(3)13-39-27(36)21(23(29)25(34)24(20)33)17(12-37-4)30-10-6-7-16(30)26(35)38-5/h15-16,18-19,32,34H,6-13H2,1-5H3. The van der Waals surface area contributed by atoms with Crippen LogP contribution in [0.5, 0.6) is 0 Å². The monoisotopic (exact) mass is 559 g/mol. The molecule has 1 saturated carbocycles. The minimum Gasteiger partial charge on any atom is -0.504 e. The van der Waals surface area contributed by atoms with Crippen LogP contribution in [0.25, 0.3) is 0 Å². The number of esters is 3. The molecule has 0 aromatic carbocycles. The molecule has 0 aromatic heterocycles. The number of carbonyl (C=O) groups is 4. The number of carbonyl (C=O) groups excluding carboxylic acids is 4. The first kappa shape index (κ1) is 28.4. The smallest absolute Gasteiger partial charge is 0.340 e. The average Bonchev–Trinajstić information content (AvgIpc) is 3.50. The molecule has 5 aliphatic rings. The first-order valence-corrected chi connectivity index (χ1v) is 13.7. The molecule has 2 N–H and O–H groups in total. The predicted molar refractivity (Wildman–Crippen MR) is 138 cm³/mol. The van der Waals surface area contributed by atoms with Crippen molar-refractivity contribution in [1.82, 2.24) is 4.90 Å². The van der Waals surface area contributed by atoms with Crippen molar-refractivity contribution in [2.45, 2.75) is 71.1 Å². The van der Waals surface area contributed by atoms with Crippen LogP contribution in [-0.4, -0.2) is 91.0 Å². The number of ether oxygens (including phenoxy) is 4. The van der Waals surface area contributed by atoms with E-state index in [0.717, 1.165) is 0 Å². The molecular weight excluding hydrogens is 522 g/mol. The van der Waals surface area contributed by atoms with Gasteiger partial charge in [-0.05, 0) is 50.5 Å². The van der Waals surface area contributed by atoms with Crippen LogP contribution < -0.4 is 0 Å². The Morgan fingerprint density at radius 3 is 2.52 bits per heavy atom. The summed E-state index contributed by atoms with van der Waals surface area (Å²) >= 11 is 0. The van der Waals surface area contributed by atoms with Crippen molar-refractivity contribution in [3.05, 3.63) is 33.7 Å². The SMILES string of the molecule is COCC(=C1C(=O)OCC2(C)C1=C(O)C(=O)C1=C2C(OC(C)=O)CC2(C)C(O)CCC12)N1CCCC1C(=O)OC.